The summed E-state index contributed by atoms with van der Waals surface area (Å²) < 4.78 is 27.4. The van der Waals surface area contributed by atoms with Crippen LogP contribution in [0.4, 0.5) is 0 Å². The number of hydrogen-bond acceptors (Lipinski definition) is 6. The first kappa shape index (κ1) is 20.5. The summed E-state index contributed by atoms with van der Waals surface area (Å²) in [5.74, 6) is -2.31. The van der Waals surface area contributed by atoms with Crippen molar-refractivity contribution in [3.8, 4) is 5.75 Å². The van der Waals surface area contributed by atoms with E-state index in [4.69, 9.17) is 0 Å². The summed E-state index contributed by atoms with van der Waals surface area (Å²) in [7, 11) is -4.31. The maximum absolute atomic E-state index is 12.7. The van der Waals surface area contributed by atoms with E-state index >= 15 is 0 Å². The highest BCUT2D eigenvalue weighted by Gasteiger charge is 2.43. The first-order valence-electron chi connectivity index (χ1n) is 8.63. The van der Waals surface area contributed by atoms with Crippen molar-refractivity contribution in [1.82, 2.24) is 4.72 Å². The van der Waals surface area contributed by atoms with Crippen LogP contribution in [0, 0.1) is 5.92 Å². The third kappa shape index (κ3) is 4.45. The molecule has 0 bridgehead atoms. The molecule has 8 heteroatoms. The smallest absolute Gasteiger partial charge is 0.243 e. The van der Waals surface area contributed by atoms with Gasteiger partial charge in [-0.2, -0.15) is 4.72 Å². The molecule has 2 aromatic carbocycles. The summed E-state index contributed by atoms with van der Waals surface area (Å²) in [6.07, 6.45) is 6.54. The minimum Gasteiger partial charge on any atom is -0.508 e. The topological polar surface area (TPSA) is 124 Å². The molecule has 1 aliphatic carbocycles. The van der Waals surface area contributed by atoms with Crippen molar-refractivity contribution in [3.05, 3.63) is 96.3 Å². The van der Waals surface area contributed by atoms with Crippen molar-refractivity contribution in [3.63, 3.8) is 0 Å². The molecule has 2 atom stereocenters. The Morgan fingerprint density at radius 3 is 2.48 bits per heavy atom. The summed E-state index contributed by atoms with van der Waals surface area (Å²) in [5, 5.41) is 30.7. The Balaban J connectivity index is 1.90. The number of hydrogen-bond donors (Lipinski definition) is 4. The highest BCUT2D eigenvalue weighted by molar-refractivity contribution is 7.89. The molecule has 0 radical (unpaired) electrons. The highest BCUT2D eigenvalue weighted by atomic mass is 32.2. The van der Waals surface area contributed by atoms with Gasteiger partial charge in [-0.05, 0) is 30.4 Å². The van der Waals surface area contributed by atoms with E-state index in [2.05, 4.69) is 4.72 Å². The number of benzene rings is 2. The Hall–Kier alpha value is -3.20. The van der Waals surface area contributed by atoms with Crippen LogP contribution in [-0.2, 0) is 10.0 Å². The van der Waals surface area contributed by atoms with Crippen LogP contribution < -0.4 is 4.72 Å². The van der Waals surface area contributed by atoms with Crippen molar-refractivity contribution >= 4 is 15.8 Å². The Bertz CT molecular complexity index is 1110. The van der Waals surface area contributed by atoms with Gasteiger partial charge in [0.25, 0.3) is 0 Å². The SMILES string of the molecule is O=C(/C=C/C1C=CC=C(O)C1(O)NS(=O)(=O)c1cccc(O)c1)c1ccccc1. The van der Waals surface area contributed by atoms with Crippen molar-refractivity contribution in [2.24, 2.45) is 5.92 Å². The van der Waals surface area contributed by atoms with E-state index < -0.39 is 27.4 Å². The van der Waals surface area contributed by atoms with Crippen LogP contribution in [-0.4, -0.2) is 35.2 Å². The van der Waals surface area contributed by atoms with Gasteiger partial charge >= 0.3 is 0 Å². The number of phenolic OH excluding ortho intramolecular Hbond substituents is 1. The van der Waals surface area contributed by atoms with Gasteiger partial charge in [-0.3, -0.25) is 4.79 Å². The minimum atomic E-state index is -4.31. The van der Waals surface area contributed by atoms with Gasteiger partial charge in [0.1, 0.15) is 11.5 Å². The van der Waals surface area contributed by atoms with Crippen LogP contribution in [0.1, 0.15) is 10.4 Å². The third-order valence-electron chi connectivity index (χ3n) is 4.38. The highest BCUT2D eigenvalue weighted by Crippen LogP contribution is 2.30. The van der Waals surface area contributed by atoms with Crippen molar-refractivity contribution in [2.75, 3.05) is 0 Å². The molecule has 0 saturated heterocycles. The molecular weight excluding hydrogens is 394 g/mol. The zero-order valence-electron chi connectivity index (χ0n) is 15.1. The Kier molecular flexibility index (Phi) is 5.69. The van der Waals surface area contributed by atoms with Gasteiger partial charge in [-0.15, -0.1) is 0 Å². The first-order chi connectivity index (χ1) is 13.7. The summed E-state index contributed by atoms with van der Waals surface area (Å²) in [6, 6.07) is 13.3. The number of ketones is 1. The molecular formula is C21H19NO6S. The molecule has 7 nitrogen and oxygen atoms in total. The van der Waals surface area contributed by atoms with Crippen LogP contribution in [0.5, 0.6) is 5.75 Å². The quantitative estimate of drug-likeness (QED) is 0.328. The van der Waals surface area contributed by atoms with Crippen LogP contribution >= 0.6 is 0 Å². The van der Waals surface area contributed by atoms with Gasteiger partial charge in [-0.1, -0.05) is 54.6 Å². The standard InChI is InChI=1S/C21H19NO6S/c23-17-9-5-10-18(14-17)29(27,28)22-21(26)16(8-4-11-20(21)25)12-13-19(24)15-6-2-1-3-7-15/h1-14,16,22-23,25-26H/b13-12+. The van der Waals surface area contributed by atoms with Gasteiger partial charge in [-0.25, -0.2) is 8.42 Å². The fourth-order valence-corrected chi connectivity index (χ4v) is 4.13. The number of rotatable bonds is 6. The first-order valence-corrected chi connectivity index (χ1v) is 10.1. The molecule has 0 spiro atoms. The van der Waals surface area contributed by atoms with Gasteiger partial charge in [0, 0.05) is 11.5 Å². The van der Waals surface area contributed by atoms with E-state index in [9.17, 15) is 28.5 Å². The van der Waals surface area contributed by atoms with E-state index in [1.165, 1.54) is 42.5 Å². The molecule has 2 aromatic rings. The van der Waals surface area contributed by atoms with Crippen molar-refractivity contribution in [1.29, 1.82) is 0 Å². The predicted molar refractivity (Wildman–Crippen MR) is 107 cm³/mol. The van der Waals surface area contributed by atoms with Crippen molar-refractivity contribution in [2.45, 2.75) is 10.6 Å². The molecule has 3 rings (SSSR count). The summed E-state index contributed by atoms with van der Waals surface area (Å²) in [4.78, 5) is 12.0. The zero-order chi connectivity index (χ0) is 21.1. The molecule has 29 heavy (non-hydrogen) atoms. The maximum atomic E-state index is 12.7. The van der Waals surface area contributed by atoms with Gasteiger partial charge in [0.15, 0.2) is 11.5 Å². The summed E-state index contributed by atoms with van der Waals surface area (Å²) >= 11 is 0. The van der Waals surface area contributed by atoms with Crippen LogP contribution in [0.25, 0.3) is 0 Å². The second-order valence-corrected chi connectivity index (χ2v) is 8.10. The van der Waals surface area contributed by atoms with E-state index in [1.807, 2.05) is 0 Å². The number of aromatic hydroxyl groups is 1. The maximum Gasteiger partial charge on any atom is 0.243 e. The van der Waals surface area contributed by atoms with Gasteiger partial charge in [0.2, 0.25) is 10.0 Å². The lowest BCUT2D eigenvalue weighted by molar-refractivity contribution is 0.000607. The fraction of sp³-hybridized carbons (Fsp3) is 0.0952. The number of carbonyl (C=O) groups excluding carboxylic acids is 1. The average Bonchev–Trinajstić information content (AvgIpc) is 2.69. The number of carbonyl (C=O) groups is 1. The number of phenols is 1. The Morgan fingerprint density at radius 2 is 1.79 bits per heavy atom. The molecule has 1 aliphatic rings. The number of nitrogens with one attached hydrogen (secondary N) is 1. The Labute approximate surface area is 168 Å². The monoisotopic (exact) mass is 413 g/mol. The largest absolute Gasteiger partial charge is 0.508 e. The molecule has 4 N–H and O–H groups in total. The molecule has 0 amide bonds. The normalized spacial score (nSPS) is 21.8. The van der Waals surface area contributed by atoms with Crippen LogP contribution in [0.2, 0.25) is 0 Å². The van der Waals surface area contributed by atoms with Crippen LogP contribution in [0.15, 0.2) is 95.6 Å². The number of aliphatic hydroxyl groups excluding tert-OH is 1. The lowest BCUT2D eigenvalue weighted by Crippen LogP contribution is -2.55. The molecule has 0 aromatic heterocycles. The van der Waals surface area contributed by atoms with Crippen molar-refractivity contribution < 1.29 is 28.5 Å². The molecule has 0 saturated carbocycles. The molecule has 150 valence electrons. The second kappa shape index (κ2) is 8.04. The summed E-state index contributed by atoms with van der Waals surface area (Å²) in [5.41, 5.74) is -1.99. The van der Waals surface area contributed by atoms with E-state index in [1.54, 1.807) is 30.3 Å². The number of sulfonamides is 1. The van der Waals surface area contributed by atoms with E-state index in [-0.39, 0.29) is 16.4 Å². The Morgan fingerprint density at radius 1 is 1.07 bits per heavy atom. The number of aliphatic hydroxyl groups is 2. The molecule has 2 unspecified atom stereocenters. The van der Waals surface area contributed by atoms with Gasteiger partial charge < -0.3 is 15.3 Å². The lowest BCUT2D eigenvalue weighted by Gasteiger charge is -2.34. The summed E-state index contributed by atoms with van der Waals surface area (Å²) in [6.45, 7) is 0. The van der Waals surface area contributed by atoms with E-state index in [0.717, 1.165) is 12.1 Å². The minimum absolute atomic E-state index is 0.270. The third-order valence-corrected chi connectivity index (χ3v) is 5.83. The second-order valence-electron chi connectivity index (χ2n) is 6.42. The average molecular weight is 413 g/mol. The van der Waals surface area contributed by atoms with Gasteiger partial charge in [0.05, 0.1) is 4.90 Å². The molecule has 0 heterocycles. The van der Waals surface area contributed by atoms with E-state index in [0.29, 0.717) is 5.56 Å². The zero-order valence-corrected chi connectivity index (χ0v) is 16.0. The molecule has 0 aliphatic heterocycles. The predicted octanol–water partition coefficient (Wildman–Crippen LogP) is 2.43. The van der Waals surface area contributed by atoms with Crippen LogP contribution in [0.3, 0.4) is 0 Å². The lowest BCUT2D eigenvalue weighted by atomic mass is 9.89. The fourth-order valence-electron chi connectivity index (χ4n) is 2.83. The number of allylic oxidation sites excluding steroid dienone is 3. The molecule has 0 fully saturated rings.